The third-order valence-electron chi connectivity index (χ3n) is 2.82. The van der Waals surface area contributed by atoms with E-state index in [-0.39, 0.29) is 30.7 Å². The van der Waals surface area contributed by atoms with E-state index in [1.54, 1.807) is 18.2 Å². The van der Waals surface area contributed by atoms with Gasteiger partial charge in [0.15, 0.2) is 0 Å². The van der Waals surface area contributed by atoms with Gasteiger partial charge in [0, 0.05) is 22.6 Å². The SMILES string of the molecule is CCCCC(CN)NS(=O)(=O)Cc1cc(Cl)cc(Cl)c1.Cl. The number of halogens is 3. The number of nitrogens with one attached hydrogen (secondary N) is 1. The molecule has 0 amide bonds. The monoisotopic (exact) mass is 374 g/mol. The number of sulfonamides is 1. The lowest BCUT2D eigenvalue weighted by Gasteiger charge is -2.16. The molecule has 1 atom stereocenters. The van der Waals surface area contributed by atoms with Crippen LogP contribution in [-0.4, -0.2) is 21.0 Å². The summed E-state index contributed by atoms with van der Waals surface area (Å²) >= 11 is 11.7. The number of hydrogen-bond acceptors (Lipinski definition) is 3. The Morgan fingerprint density at radius 2 is 1.81 bits per heavy atom. The van der Waals surface area contributed by atoms with Gasteiger partial charge in [0.25, 0.3) is 0 Å². The van der Waals surface area contributed by atoms with Crippen LogP contribution < -0.4 is 10.5 Å². The molecular weight excluding hydrogens is 355 g/mol. The van der Waals surface area contributed by atoms with Crippen LogP contribution in [0.2, 0.25) is 10.0 Å². The summed E-state index contributed by atoms with van der Waals surface area (Å²) in [6.07, 6.45) is 2.68. The van der Waals surface area contributed by atoms with Crippen molar-refractivity contribution >= 4 is 45.6 Å². The van der Waals surface area contributed by atoms with Crippen molar-refractivity contribution in [3.05, 3.63) is 33.8 Å². The molecule has 4 nitrogen and oxygen atoms in total. The Labute approximate surface area is 142 Å². The fraction of sp³-hybridized carbons (Fsp3) is 0.538. The van der Waals surface area contributed by atoms with Crippen molar-refractivity contribution in [2.45, 2.75) is 38.0 Å². The minimum atomic E-state index is -3.46. The summed E-state index contributed by atoms with van der Waals surface area (Å²) in [5, 5.41) is 0.841. The lowest BCUT2D eigenvalue weighted by atomic mass is 10.1. The predicted molar refractivity (Wildman–Crippen MR) is 91.8 cm³/mol. The van der Waals surface area contributed by atoms with Crippen LogP contribution in [0.5, 0.6) is 0 Å². The molecule has 0 aromatic heterocycles. The van der Waals surface area contributed by atoms with Crippen molar-refractivity contribution in [1.29, 1.82) is 0 Å². The van der Waals surface area contributed by atoms with Crippen molar-refractivity contribution in [2.24, 2.45) is 5.73 Å². The van der Waals surface area contributed by atoms with Crippen LogP contribution in [0.15, 0.2) is 18.2 Å². The van der Waals surface area contributed by atoms with E-state index in [2.05, 4.69) is 11.6 Å². The standard InChI is InChI=1S/C13H20Cl2N2O2S.ClH/c1-2-3-4-13(8-16)17-20(18,19)9-10-5-11(14)7-12(15)6-10;/h5-7,13,17H,2-4,8-9,16H2,1H3;1H. The van der Waals surface area contributed by atoms with Crippen molar-refractivity contribution in [1.82, 2.24) is 4.72 Å². The molecule has 3 N–H and O–H groups in total. The lowest BCUT2D eigenvalue weighted by molar-refractivity contribution is 0.516. The van der Waals surface area contributed by atoms with Gasteiger partial charge in [0.1, 0.15) is 0 Å². The summed E-state index contributed by atoms with van der Waals surface area (Å²) in [6, 6.07) is 4.53. The second-order valence-electron chi connectivity index (χ2n) is 4.73. The highest BCUT2D eigenvalue weighted by Gasteiger charge is 2.17. The van der Waals surface area contributed by atoms with Crippen molar-refractivity contribution in [2.75, 3.05) is 6.54 Å². The maximum Gasteiger partial charge on any atom is 0.216 e. The summed E-state index contributed by atoms with van der Waals surface area (Å²) < 4.78 is 26.8. The zero-order chi connectivity index (χ0) is 15.2. The minimum absolute atomic E-state index is 0. The number of nitrogens with two attached hydrogens (primary N) is 1. The quantitative estimate of drug-likeness (QED) is 0.732. The summed E-state index contributed by atoms with van der Waals surface area (Å²) in [4.78, 5) is 0. The van der Waals surface area contributed by atoms with Crippen LogP contribution in [0.4, 0.5) is 0 Å². The van der Waals surface area contributed by atoms with Gasteiger partial charge in [-0.25, -0.2) is 13.1 Å². The second kappa shape index (κ2) is 9.87. The molecule has 1 rings (SSSR count). The molecule has 0 bridgehead atoms. The maximum atomic E-state index is 12.1. The first-order chi connectivity index (χ1) is 9.36. The van der Waals surface area contributed by atoms with Gasteiger partial charge in [0.2, 0.25) is 10.0 Å². The Kier molecular flexibility index (Phi) is 9.85. The summed E-state index contributed by atoms with van der Waals surface area (Å²) in [7, 11) is -3.46. The van der Waals surface area contributed by atoms with Crippen LogP contribution in [0.3, 0.4) is 0 Å². The molecule has 122 valence electrons. The summed E-state index contributed by atoms with van der Waals surface area (Å²) in [6.45, 7) is 2.34. The van der Waals surface area contributed by atoms with Crippen molar-refractivity contribution < 1.29 is 8.42 Å². The highest BCUT2D eigenvalue weighted by atomic mass is 35.5. The first-order valence-corrected chi connectivity index (χ1v) is 8.92. The smallest absolute Gasteiger partial charge is 0.216 e. The third-order valence-corrected chi connectivity index (χ3v) is 4.66. The molecule has 0 aliphatic carbocycles. The minimum Gasteiger partial charge on any atom is -0.329 e. The van der Waals surface area contributed by atoms with Gasteiger partial charge < -0.3 is 5.73 Å². The van der Waals surface area contributed by atoms with Gasteiger partial charge in [-0.3, -0.25) is 0 Å². The zero-order valence-corrected chi connectivity index (χ0v) is 15.0. The third kappa shape index (κ3) is 8.24. The zero-order valence-electron chi connectivity index (χ0n) is 11.8. The average molecular weight is 376 g/mol. The molecule has 0 spiro atoms. The molecular formula is C13H21Cl3N2O2S. The highest BCUT2D eigenvalue weighted by molar-refractivity contribution is 7.88. The van der Waals surface area contributed by atoms with E-state index in [1.807, 2.05) is 0 Å². The van der Waals surface area contributed by atoms with E-state index in [0.717, 1.165) is 19.3 Å². The molecule has 1 unspecified atom stereocenters. The number of hydrogen-bond donors (Lipinski definition) is 2. The van der Waals surface area contributed by atoms with Gasteiger partial charge >= 0.3 is 0 Å². The second-order valence-corrected chi connectivity index (χ2v) is 7.36. The molecule has 1 aromatic carbocycles. The Morgan fingerprint density at radius 1 is 1.24 bits per heavy atom. The van der Waals surface area contributed by atoms with Gasteiger partial charge in [-0.05, 0) is 30.2 Å². The molecule has 21 heavy (non-hydrogen) atoms. The van der Waals surface area contributed by atoms with Crippen molar-refractivity contribution in [3.8, 4) is 0 Å². The van der Waals surface area contributed by atoms with Crippen LogP contribution >= 0.6 is 35.6 Å². The van der Waals surface area contributed by atoms with Gasteiger partial charge in [-0.1, -0.05) is 43.0 Å². The number of rotatable bonds is 8. The number of benzene rings is 1. The molecule has 0 radical (unpaired) electrons. The molecule has 0 heterocycles. The molecule has 0 saturated carbocycles. The normalized spacial score (nSPS) is 12.8. The molecule has 0 fully saturated rings. The largest absolute Gasteiger partial charge is 0.329 e. The summed E-state index contributed by atoms with van der Waals surface area (Å²) in [5.41, 5.74) is 6.15. The molecule has 0 aliphatic rings. The van der Waals surface area contributed by atoms with Gasteiger partial charge in [0.05, 0.1) is 5.75 Å². The van der Waals surface area contributed by atoms with E-state index in [9.17, 15) is 8.42 Å². The fourth-order valence-corrected chi connectivity index (χ4v) is 3.87. The van der Waals surface area contributed by atoms with Crippen LogP contribution in [0, 0.1) is 0 Å². The van der Waals surface area contributed by atoms with E-state index < -0.39 is 10.0 Å². The highest BCUT2D eigenvalue weighted by Crippen LogP contribution is 2.20. The summed E-state index contributed by atoms with van der Waals surface area (Å²) in [5.74, 6) is -0.157. The van der Waals surface area contributed by atoms with Gasteiger partial charge in [-0.15, -0.1) is 12.4 Å². The average Bonchev–Trinajstić information content (AvgIpc) is 2.32. The molecule has 1 aromatic rings. The first-order valence-electron chi connectivity index (χ1n) is 6.51. The van der Waals surface area contributed by atoms with Crippen LogP contribution in [-0.2, 0) is 15.8 Å². The molecule has 0 aliphatic heterocycles. The fourth-order valence-electron chi connectivity index (χ4n) is 1.88. The Bertz CT molecular complexity index is 518. The predicted octanol–water partition coefficient (Wildman–Crippen LogP) is 3.35. The van der Waals surface area contributed by atoms with Crippen LogP contribution in [0.25, 0.3) is 0 Å². The maximum absolute atomic E-state index is 12.1. The molecule has 0 saturated heterocycles. The van der Waals surface area contributed by atoms with Crippen molar-refractivity contribution in [3.63, 3.8) is 0 Å². The Hall–Kier alpha value is -0.0400. The Balaban J connectivity index is 0.00000400. The van der Waals surface area contributed by atoms with Gasteiger partial charge in [-0.2, -0.15) is 0 Å². The first kappa shape index (κ1) is 21.0. The lowest BCUT2D eigenvalue weighted by Crippen LogP contribution is -2.40. The number of unbranched alkanes of at least 4 members (excludes halogenated alkanes) is 1. The Morgan fingerprint density at radius 3 is 2.29 bits per heavy atom. The van der Waals surface area contributed by atoms with E-state index >= 15 is 0 Å². The van der Waals surface area contributed by atoms with E-state index in [0.29, 0.717) is 15.6 Å². The molecule has 8 heteroatoms. The topological polar surface area (TPSA) is 72.2 Å². The van der Waals surface area contributed by atoms with E-state index in [4.69, 9.17) is 28.9 Å². The van der Waals surface area contributed by atoms with E-state index in [1.165, 1.54) is 0 Å². The van der Waals surface area contributed by atoms with Crippen LogP contribution in [0.1, 0.15) is 31.7 Å².